The summed E-state index contributed by atoms with van der Waals surface area (Å²) in [5, 5.41) is 0. The Hall–Kier alpha value is -2.07. The van der Waals surface area contributed by atoms with Crippen molar-refractivity contribution in [3.8, 4) is 0 Å². The van der Waals surface area contributed by atoms with E-state index in [0.717, 1.165) is 15.5 Å². The van der Waals surface area contributed by atoms with Gasteiger partial charge in [0.25, 0.3) is 0 Å². The maximum absolute atomic E-state index is 11.5. The van der Waals surface area contributed by atoms with E-state index in [1.165, 1.54) is 0 Å². The van der Waals surface area contributed by atoms with Gasteiger partial charge in [0.15, 0.2) is 5.78 Å². The number of rotatable bonds is 4. The standard InChI is InChI=1S/C17H17NO2S/c1-12(19)14-8-10-15(11-9-14)21-17-7-5-4-6-16(17)18(3)13(2)20/h4-11H,1-3H3. The molecule has 0 radical (unpaired) electrons. The van der Waals surface area contributed by atoms with E-state index < -0.39 is 0 Å². The fourth-order valence-electron chi connectivity index (χ4n) is 1.87. The highest BCUT2D eigenvalue weighted by Gasteiger charge is 2.11. The van der Waals surface area contributed by atoms with Crippen LogP contribution in [-0.4, -0.2) is 18.7 Å². The molecule has 0 aliphatic rings. The van der Waals surface area contributed by atoms with Crippen molar-refractivity contribution in [3.63, 3.8) is 0 Å². The van der Waals surface area contributed by atoms with Gasteiger partial charge in [-0.1, -0.05) is 36.0 Å². The molecule has 0 N–H and O–H groups in total. The van der Waals surface area contributed by atoms with Crippen LogP contribution >= 0.6 is 11.8 Å². The van der Waals surface area contributed by atoms with Crippen LogP contribution in [-0.2, 0) is 4.79 Å². The summed E-state index contributed by atoms with van der Waals surface area (Å²) in [4.78, 5) is 26.5. The molecule has 0 saturated heterocycles. The summed E-state index contributed by atoms with van der Waals surface area (Å²) in [6, 6.07) is 15.3. The van der Waals surface area contributed by atoms with Crippen molar-refractivity contribution < 1.29 is 9.59 Å². The summed E-state index contributed by atoms with van der Waals surface area (Å²) in [6.07, 6.45) is 0. The number of amides is 1. The van der Waals surface area contributed by atoms with E-state index in [2.05, 4.69) is 0 Å². The van der Waals surface area contributed by atoms with E-state index in [0.29, 0.717) is 5.56 Å². The lowest BCUT2D eigenvalue weighted by Gasteiger charge is -2.18. The van der Waals surface area contributed by atoms with Gasteiger partial charge in [0.05, 0.1) is 5.69 Å². The lowest BCUT2D eigenvalue weighted by atomic mass is 10.2. The van der Waals surface area contributed by atoms with Gasteiger partial charge in [0.1, 0.15) is 0 Å². The first-order valence-electron chi connectivity index (χ1n) is 6.61. The quantitative estimate of drug-likeness (QED) is 0.800. The molecule has 108 valence electrons. The minimum atomic E-state index is -0.00465. The molecule has 1 amide bonds. The Bertz CT molecular complexity index is 665. The van der Waals surface area contributed by atoms with Crippen molar-refractivity contribution >= 4 is 29.1 Å². The van der Waals surface area contributed by atoms with Gasteiger partial charge in [0.2, 0.25) is 5.91 Å². The molecule has 0 aliphatic heterocycles. The number of hydrogen-bond donors (Lipinski definition) is 0. The van der Waals surface area contributed by atoms with Gasteiger partial charge in [-0.2, -0.15) is 0 Å². The number of para-hydroxylation sites is 1. The Morgan fingerprint density at radius 1 is 0.952 bits per heavy atom. The van der Waals surface area contributed by atoms with E-state index in [-0.39, 0.29) is 11.7 Å². The molecule has 0 bridgehead atoms. The fraction of sp³-hybridized carbons (Fsp3) is 0.176. The van der Waals surface area contributed by atoms with Crippen LogP contribution < -0.4 is 4.90 Å². The molecule has 0 unspecified atom stereocenters. The fourth-order valence-corrected chi connectivity index (χ4v) is 2.86. The van der Waals surface area contributed by atoms with Crippen molar-refractivity contribution in [2.45, 2.75) is 23.6 Å². The number of benzene rings is 2. The Kier molecular flexibility index (Phi) is 4.81. The highest BCUT2D eigenvalue weighted by atomic mass is 32.2. The van der Waals surface area contributed by atoms with Gasteiger partial charge in [-0.3, -0.25) is 9.59 Å². The zero-order valence-electron chi connectivity index (χ0n) is 12.3. The molecule has 2 aromatic rings. The Balaban J connectivity index is 2.27. The predicted molar refractivity (Wildman–Crippen MR) is 86.1 cm³/mol. The van der Waals surface area contributed by atoms with E-state index in [4.69, 9.17) is 0 Å². The average Bonchev–Trinajstić information content (AvgIpc) is 2.47. The number of anilines is 1. The van der Waals surface area contributed by atoms with E-state index in [1.54, 1.807) is 37.6 Å². The monoisotopic (exact) mass is 299 g/mol. The third-order valence-electron chi connectivity index (χ3n) is 3.19. The molecule has 0 atom stereocenters. The van der Waals surface area contributed by atoms with E-state index in [9.17, 15) is 9.59 Å². The third kappa shape index (κ3) is 3.73. The summed E-state index contributed by atoms with van der Waals surface area (Å²) in [6.45, 7) is 3.10. The van der Waals surface area contributed by atoms with Crippen LogP contribution in [0.1, 0.15) is 24.2 Å². The average molecular weight is 299 g/mol. The van der Waals surface area contributed by atoms with Crippen molar-refractivity contribution in [1.82, 2.24) is 0 Å². The van der Waals surface area contributed by atoms with Gasteiger partial charge >= 0.3 is 0 Å². The molecule has 0 aliphatic carbocycles. The number of carbonyl (C=O) groups is 2. The summed E-state index contributed by atoms with van der Waals surface area (Å²) in [5.41, 5.74) is 1.58. The lowest BCUT2D eigenvalue weighted by Crippen LogP contribution is -2.23. The highest BCUT2D eigenvalue weighted by Crippen LogP contribution is 2.35. The Morgan fingerprint density at radius 2 is 1.57 bits per heavy atom. The van der Waals surface area contributed by atoms with Gasteiger partial charge in [-0.25, -0.2) is 0 Å². The molecule has 0 heterocycles. The number of Topliss-reactive ketones (excluding diaryl/α,β-unsaturated/α-hetero) is 1. The zero-order chi connectivity index (χ0) is 15.4. The molecule has 4 heteroatoms. The SMILES string of the molecule is CC(=O)c1ccc(Sc2ccccc2N(C)C(C)=O)cc1. The number of ketones is 1. The number of nitrogens with zero attached hydrogens (tertiary/aromatic N) is 1. The van der Waals surface area contributed by atoms with Crippen LogP contribution in [0.2, 0.25) is 0 Å². The lowest BCUT2D eigenvalue weighted by molar-refractivity contribution is -0.116. The molecule has 2 rings (SSSR count). The van der Waals surface area contributed by atoms with Crippen LogP contribution in [0.4, 0.5) is 5.69 Å². The van der Waals surface area contributed by atoms with Crippen molar-refractivity contribution in [3.05, 3.63) is 54.1 Å². The smallest absolute Gasteiger partial charge is 0.223 e. The molecule has 0 aromatic heterocycles. The van der Waals surface area contributed by atoms with Gasteiger partial charge < -0.3 is 4.90 Å². The molecule has 0 fully saturated rings. The van der Waals surface area contributed by atoms with Crippen LogP contribution in [0.25, 0.3) is 0 Å². The van der Waals surface area contributed by atoms with E-state index in [1.807, 2.05) is 48.5 Å². The Labute approximate surface area is 129 Å². The van der Waals surface area contributed by atoms with Crippen LogP contribution in [0.5, 0.6) is 0 Å². The molecule has 2 aromatic carbocycles. The van der Waals surface area contributed by atoms with Gasteiger partial charge in [-0.15, -0.1) is 0 Å². The van der Waals surface area contributed by atoms with Gasteiger partial charge in [-0.05, 0) is 31.2 Å². The van der Waals surface area contributed by atoms with Crippen LogP contribution in [0.3, 0.4) is 0 Å². The maximum atomic E-state index is 11.5. The molecule has 0 saturated carbocycles. The van der Waals surface area contributed by atoms with Crippen LogP contribution in [0.15, 0.2) is 58.3 Å². The van der Waals surface area contributed by atoms with Crippen molar-refractivity contribution in [1.29, 1.82) is 0 Å². The minimum Gasteiger partial charge on any atom is -0.315 e. The first kappa shape index (κ1) is 15.3. The first-order valence-corrected chi connectivity index (χ1v) is 7.43. The summed E-state index contributed by atoms with van der Waals surface area (Å²) in [5.74, 6) is 0.0539. The highest BCUT2D eigenvalue weighted by molar-refractivity contribution is 7.99. The molecule has 3 nitrogen and oxygen atoms in total. The largest absolute Gasteiger partial charge is 0.315 e. The van der Waals surface area contributed by atoms with E-state index >= 15 is 0 Å². The van der Waals surface area contributed by atoms with Gasteiger partial charge in [0, 0.05) is 29.3 Å². The van der Waals surface area contributed by atoms with Crippen molar-refractivity contribution in [2.24, 2.45) is 0 Å². The van der Waals surface area contributed by atoms with Crippen molar-refractivity contribution in [2.75, 3.05) is 11.9 Å². The molecule has 0 spiro atoms. The normalized spacial score (nSPS) is 10.2. The predicted octanol–water partition coefficient (Wildman–Crippen LogP) is 4.02. The molecule has 21 heavy (non-hydrogen) atoms. The maximum Gasteiger partial charge on any atom is 0.223 e. The molecular weight excluding hydrogens is 282 g/mol. The third-order valence-corrected chi connectivity index (χ3v) is 4.26. The Morgan fingerprint density at radius 3 is 2.14 bits per heavy atom. The summed E-state index contributed by atoms with van der Waals surface area (Å²) in [7, 11) is 1.76. The summed E-state index contributed by atoms with van der Waals surface area (Å²) < 4.78 is 0. The second-order valence-electron chi connectivity index (χ2n) is 4.73. The first-order chi connectivity index (χ1) is 9.99. The molecular formula is C17H17NO2S. The second-order valence-corrected chi connectivity index (χ2v) is 5.84. The zero-order valence-corrected chi connectivity index (χ0v) is 13.1. The number of hydrogen-bond acceptors (Lipinski definition) is 3. The number of carbonyl (C=O) groups excluding carboxylic acids is 2. The van der Waals surface area contributed by atoms with Crippen LogP contribution in [0, 0.1) is 0 Å². The summed E-state index contributed by atoms with van der Waals surface area (Å²) >= 11 is 1.58. The second kappa shape index (κ2) is 6.59. The topological polar surface area (TPSA) is 37.4 Å². The minimum absolute atomic E-state index is 0.00465.